The summed E-state index contributed by atoms with van der Waals surface area (Å²) in [5, 5.41) is 2.79. The summed E-state index contributed by atoms with van der Waals surface area (Å²) >= 11 is 0. The standard InChI is InChI=1S/C17H24FN3O.2ClH/c18-13-6-4-8-15(21-9-1-2-10-21)17(13)20-16(22)11-12-5-3-7-14(12)19;;/h4,6,8,12,14H,1-3,5,7,9-11,19H2,(H,20,22);2*1H/t12-,14+;;/m0../s1. The number of nitrogens with one attached hydrogen (secondary N) is 1. The number of rotatable bonds is 4. The van der Waals surface area contributed by atoms with Crippen LogP contribution in [0.2, 0.25) is 0 Å². The molecule has 4 nitrogen and oxygen atoms in total. The van der Waals surface area contributed by atoms with Gasteiger partial charge in [-0.25, -0.2) is 4.39 Å². The summed E-state index contributed by atoms with van der Waals surface area (Å²) in [5.74, 6) is -0.275. The van der Waals surface area contributed by atoms with Gasteiger partial charge in [-0.1, -0.05) is 12.5 Å². The third kappa shape index (κ3) is 4.74. The maximum absolute atomic E-state index is 14.2. The maximum atomic E-state index is 14.2. The highest BCUT2D eigenvalue weighted by atomic mass is 35.5. The van der Waals surface area contributed by atoms with Crippen LogP contribution in [0, 0.1) is 11.7 Å². The van der Waals surface area contributed by atoms with Gasteiger partial charge in [0.1, 0.15) is 11.5 Å². The third-order valence-corrected chi connectivity index (χ3v) is 4.87. The van der Waals surface area contributed by atoms with Crippen LogP contribution >= 0.6 is 24.8 Å². The van der Waals surface area contributed by atoms with E-state index in [-0.39, 0.29) is 48.5 Å². The number of hydrogen-bond acceptors (Lipinski definition) is 3. The minimum Gasteiger partial charge on any atom is -0.370 e. The molecule has 1 amide bonds. The highest BCUT2D eigenvalue weighted by Crippen LogP contribution is 2.32. The summed E-state index contributed by atoms with van der Waals surface area (Å²) in [6.07, 6.45) is 5.66. The van der Waals surface area contributed by atoms with Gasteiger partial charge in [-0.3, -0.25) is 4.79 Å². The Balaban J connectivity index is 0.00000144. The minimum absolute atomic E-state index is 0. The molecule has 0 aromatic heterocycles. The smallest absolute Gasteiger partial charge is 0.224 e. The lowest BCUT2D eigenvalue weighted by atomic mass is 10.00. The van der Waals surface area contributed by atoms with Crippen molar-refractivity contribution in [2.75, 3.05) is 23.3 Å². The molecule has 1 aliphatic carbocycles. The molecular weight excluding hydrogens is 352 g/mol. The van der Waals surface area contributed by atoms with Crippen LogP contribution in [-0.4, -0.2) is 25.0 Å². The van der Waals surface area contributed by atoms with Crippen molar-refractivity contribution in [1.82, 2.24) is 0 Å². The average molecular weight is 378 g/mol. The SMILES string of the molecule is Cl.Cl.N[C@@H]1CCC[C@H]1CC(=O)Nc1c(F)cccc1N1CCCC1. The number of carbonyl (C=O) groups is 1. The lowest BCUT2D eigenvalue weighted by Crippen LogP contribution is -2.29. The molecule has 1 aromatic rings. The molecule has 0 radical (unpaired) electrons. The van der Waals surface area contributed by atoms with Crippen molar-refractivity contribution >= 4 is 42.1 Å². The summed E-state index contributed by atoms with van der Waals surface area (Å²) in [5.41, 5.74) is 7.13. The van der Waals surface area contributed by atoms with Crippen LogP contribution in [0.25, 0.3) is 0 Å². The van der Waals surface area contributed by atoms with Gasteiger partial charge in [0.2, 0.25) is 5.91 Å². The largest absolute Gasteiger partial charge is 0.370 e. The second kappa shape index (κ2) is 9.44. The maximum Gasteiger partial charge on any atom is 0.224 e. The Hall–Kier alpha value is -1.04. The first-order valence-corrected chi connectivity index (χ1v) is 8.24. The lowest BCUT2D eigenvalue weighted by Gasteiger charge is -2.22. The zero-order chi connectivity index (χ0) is 15.5. The fraction of sp³-hybridized carbons (Fsp3) is 0.588. The molecule has 2 fully saturated rings. The molecule has 2 atom stereocenters. The normalized spacial score (nSPS) is 22.7. The van der Waals surface area contributed by atoms with Gasteiger partial charge in [0.25, 0.3) is 0 Å². The van der Waals surface area contributed by atoms with Crippen molar-refractivity contribution in [2.45, 2.75) is 44.6 Å². The summed E-state index contributed by atoms with van der Waals surface area (Å²) in [7, 11) is 0. The molecule has 24 heavy (non-hydrogen) atoms. The Morgan fingerprint density at radius 1 is 1.21 bits per heavy atom. The Kier molecular flexibility index (Phi) is 8.27. The lowest BCUT2D eigenvalue weighted by molar-refractivity contribution is -0.117. The number of carbonyl (C=O) groups excluding carboxylic acids is 1. The van der Waals surface area contributed by atoms with Crippen LogP contribution in [0.3, 0.4) is 0 Å². The van der Waals surface area contributed by atoms with Gasteiger partial charge in [-0.15, -0.1) is 24.8 Å². The molecule has 0 spiro atoms. The number of para-hydroxylation sites is 1. The number of halogens is 3. The van der Waals surface area contributed by atoms with Crippen LogP contribution in [0.15, 0.2) is 18.2 Å². The minimum atomic E-state index is -0.367. The summed E-state index contributed by atoms with van der Waals surface area (Å²) in [4.78, 5) is 14.4. The zero-order valence-electron chi connectivity index (χ0n) is 13.7. The number of anilines is 2. The molecule has 136 valence electrons. The first kappa shape index (κ1) is 21.0. The van der Waals surface area contributed by atoms with Crippen LogP contribution in [0.1, 0.15) is 38.5 Å². The van der Waals surface area contributed by atoms with E-state index in [1.165, 1.54) is 6.07 Å². The quantitative estimate of drug-likeness (QED) is 0.840. The predicted molar refractivity (Wildman–Crippen MR) is 101 cm³/mol. The molecule has 0 bridgehead atoms. The fourth-order valence-electron chi connectivity index (χ4n) is 3.61. The summed E-state index contributed by atoms with van der Waals surface area (Å²) in [6.45, 7) is 1.83. The molecule has 1 heterocycles. The molecule has 7 heteroatoms. The molecule has 1 aromatic carbocycles. The van der Waals surface area contributed by atoms with Crippen molar-refractivity contribution in [2.24, 2.45) is 11.7 Å². The Bertz CT molecular complexity index is 553. The van der Waals surface area contributed by atoms with Crippen LogP contribution in [-0.2, 0) is 4.79 Å². The van der Waals surface area contributed by atoms with Crippen molar-refractivity contribution < 1.29 is 9.18 Å². The van der Waals surface area contributed by atoms with Gasteiger partial charge in [0.05, 0.1) is 5.69 Å². The first-order chi connectivity index (χ1) is 10.6. The van der Waals surface area contributed by atoms with Gasteiger partial charge < -0.3 is 16.0 Å². The van der Waals surface area contributed by atoms with E-state index in [0.717, 1.165) is 50.9 Å². The number of nitrogens with two attached hydrogens (primary N) is 1. The number of hydrogen-bond donors (Lipinski definition) is 2. The molecule has 3 N–H and O–H groups in total. The van der Waals surface area contributed by atoms with Crippen molar-refractivity contribution in [1.29, 1.82) is 0 Å². The number of benzene rings is 1. The van der Waals surface area contributed by atoms with E-state index in [2.05, 4.69) is 10.2 Å². The second-order valence-electron chi connectivity index (χ2n) is 6.44. The summed E-state index contributed by atoms with van der Waals surface area (Å²) in [6, 6.07) is 5.08. The highest BCUT2D eigenvalue weighted by molar-refractivity contribution is 5.94. The van der Waals surface area contributed by atoms with Crippen LogP contribution < -0.4 is 16.0 Å². The van der Waals surface area contributed by atoms with E-state index >= 15 is 0 Å². The average Bonchev–Trinajstić information content (AvgIpc) is 3.14. The molecule has 1 saturated carbocycles. The molecule has 1 saturated heterocycles. The van der Waals surface area contributed by atoms with Gasteiger partial charge >= 0.3 is 0 Å². The molecular formula is C17H26Cl2FN3O. The van der Waals surface area contributed by atoms with E-state index < -0.39 is 0 Å². The van der Waals surface area contributed by atoms with Crippen molar-refractivity contribution in [3.8, 4) is 0 Å². The van der Waals surface area contributed by atoms with Crippen molar-refractivity contribution in [3.05, 3.63) is 24.0 Å². The van der Waals surface area contributed by atoms with Gasteiger partial charge in [0, 0.05) is 25.6 Å². The number of amides is 1. The Morgan fingerprint density at radius 3 is 2.54 bits per heavy atom. The molecule has 2 aliphatic rings. The van der Waals surface area contributed by atoms with Gasteiger partial charge in [0.15, 0.2) is 0 Å². The van der Waals surface area contributed by atoms with E-state index in [9.17, 15) is 9.18 Å². The van der Waals surface area contributed by atoms with Crippen LogP contribution in [0.5, 0.6) is 0 Å². The second-order valence-corrected chi connectivity index (χ2v) is 6.44. The monoisotopic (exact) mass is 377 g/mol. The third-order valence-electron chi connectivity index (χ3n) is 4.87. The van der Waals surface area contributed by atoms with E-state index in [0.29, 0.717) is 12.1 Å². The van der Waals surface area contributed by atoms with Gasteiger partial charge in [-0.2, -0.15) is 0 Å². The first-order valence-electron chi connectivity index (χ1n) is 8.24. The fourth-order valence-corrected chi connectivity index (χ4v) is 3.61. The topological polar surface area (TPSA) is 58.4 Å². The predicted octanol–water partition coefficient (Wildman–Crippen LogP) is 3.73. The molecule has 0 unspecified atom stereocenters. The van der Waals surface area contributed by atoms with Crippen LogP contribution in [0.4, 0.5) is 15.8 Å². The Labute approximate surface area is 155 Å². The van der Waals surface area contributed by atoms with E-state index in [1.807, 2.05) is 6.07 Å². The Morgan fingerprint density at radius 2 is 1.92 bits per heavy atom. The molecule has 3 rings (SSSR count). The molecule has 1 aliphatic heterocycles. The van der Waals surface area contributed by atoms with Crippen molar-refractivity contribution in [3.63, 3.8) is 0 Å². The number of nitrogens with zero attached hydrogens (tertiary/aromatic N) is 1. The zero-order valence-corrected chi connectivity index (χ0v) is 15.3. The van der Waals surface area contributed by atoms with Gasteiger partial charge in [-0.05, 0) is 43.7 Å². The van der Waals surface area contributed by atoms with E-state index in [1.54, 1.807) is 6.07 Å². The summed E-state index contributed by atoms with van der Waals surface area (Å²) < 4.78 is 14.2. The highest BCUT2D eigenvalue weighted by Gasteiger charge is 2.27. The van der Waals surface area contributed by atoms with E-state index in [4.69, 9.17) is 5.73 Å².